The summed E-state index contributed by atoms with van der Waals surface area (Å²) in [5.41, 5.74) is 11.8. The van der Waals surface area contributed by atoms with Gasteiger partial charge in [-0.1, -0.05) is 34.8 Å². The number of ether oxygens (including phenoxy) is 2. The van der Waals surface area contributed by atoms with Crippen LogP contribution in [0.1, 0.15) is 18.1 Å². The predicted molar refractivity (Wildman–Crippen MR) is 107 cm³/mol. The first-order valence-electron chi connectivity index (χ1n) is 7.56. The normalized spacial score (nSPS) is 10.8. The molecule has 0 unspecified atom stereocenters. The van der Waals surface area contributed by atoms with E-state index >= 15 is 0 Å². The van der Waals surface area contributed by atoms with Crippen LogP contribution in [-0.2, 0) is 6.61 Å². The van der Waals surface area contributed by atoms with Crippen molar-refractivity contribution in [2.45, 2.75) is 13.5 Å². The summed E-state index contributed by atoms with van der Waals surface area (Å²) in [5, 5.41) is 8.55. The average molecular weight is 416 g/mol. The van der Waals surface area contributed by atoms with Crippen molar-refractivity contribution in [1.82, 2.24) is 0 Å². The van der Waals surface area contributed by atoms with E-state index in [9.17, 15) is 0 Å². The fourth-order valence-corrected chi connectivity index (χ4v) is 2.66. The molecule has 0 aromatic heterocycles. The molecule has 0 atom stereocenters. The lowest BCUT2D eigenvalue weighted by Crippen LogP contribution is -2.21. The van der Waals surface area contributed by atoms with Crippen molar-refractivity contribution in [3.05, 3.63) is 56.5 Å². The summed E-state index contributed by atoms with van der Waals surface area (Å²) in [6.07, 6.45) is 1.50. The third-order valence-electron chi connectivity index (χ3n) is 3.16. The number of hydrogen-bond acceptors (Lipinski definition) is 4. The molecule has 0 aliphatic carbocycles. The first-order chi connectivity index (χ1) is 12.4. The zero-order chi connectivity index (χ0) is 19.1. The van der Waals surface area contributed by atoms with E-state index in [0.29, 0.717) is 38.7 Å². The molecular weight excluding hydrogens is 399 g/mol. The monoisotopic (exact) mass is 414 g/mol. The van der Waals surface area contributed by atoms with Gasteiger partial charge in [-0.25, -0.2) is 0 Å². The summed E-state index contributed by atoms with van der Waals surface area (Å²) in [6.45, 7) is 2.47. The van der Waals surface area contributed by atoms with E-state index in [1.54, 1.807) is 30.3 Å². The molecule has 2 rings (SSSR count). The van der Waals surface area contributed by atoms with Gasteiger partial charge >= 0.3 is 0 Å². The van der Waals surface area contributed by atoms with Crippen LogP contribution in [0.2, 0.25) is 15.1 Å². The minimum Gasteiger partial charge on any atom is -0.490 e. The molecule has 0 bridgehead atoms. The number of benzene rings is 2. The van der Waals surface area contributed by atoms with Gasteiger partial charge in [0.2, 0.25) is 5.96 Å². The Morgan fingerprint density at radius 1 is 1.04 bits per heavy atom. The van der Waals surface area contributed by atoms with E-state index in [0.717, 1.165) is 5.56 Å². The van der Waals surface area contributed by atoms with Gasteiger partial charge in [0, 0.05) is 10.6 Å². The smallest absolute Gasteiger partial charge is 0.211 e. The largest absolute Gasteiger partial charge is 0.490 e. The SMILES string of the molecule is CCOc1cc(/C=N/N=C(N)N)ccc1OCc1c(Cl)ccc(Cl)c1Cl. The Hall–Kier alpha value is -2.15. The predicted octanol–water partition coefficient (Wildman–Crippen LogP) is 4.23. The first-order valence-corrected chi connectivity index (χ1v) is 8.69. The fourth-order valence-electron chi connectivity index (χ4n) is 2.01. The summed E-state index contributed by atoms with van der Waals surface area (Å²) in [7, 11) is 0. The minimum atomic E-state index is -0.124. The van der Waals surface area contributed by atoms with Gasteiger partial charge in [0.25, 0.3) is 0 Å². The van der Waals surface area contributed by atoms with Crippen molar-refractivity contribution in [2.75, 3.05) is 6.61 Å². The summed E-state index contributed by atoms with van der Waals surface area (Å²) >= 11 is 18.4. The Balaban J connectivity index is 2.22. The number of nitrogens with zero attached hydrogens (tertiary/aromatic N) is 2. The standard InChI is InChI=1S/C17H17Cl3N4O2/c1-2-25-15-7-10(8-23-24-17(21)22)3-6-14(15)26-9-11-12(18)4-5-13(19)16(11)20/h3-8H,2,9H2,1H3,(H4,21,22,24)/b23-8+. The van der Waals surface area contributed by atoms with Gasteiger partial charge in [0.1, 0.15) is 6.61 Å². The van der Waals surface area contributed by atoms with Crippen LogP contribution in [0, 0.1) is 0 Å². The number of guanidine groups is 1. The van der Waals surface area contributed by atoms with Crippen molar-refractivity contribution in [3.63, 3.8) is 0 Å². The molecule has 9 heteroatoms. The van der Waals surface area contributed by atoms with Gasteiger partial charge in [0.15, 0.2) is 11.5 Å². The molecule has 0 heterocycles. The van der Waals surface area contributed by atoms with E-state index in [1.165, 1.54) is 6.21 Å². The Morgan fingerprint density at radius 3 is 2.46 bits per heavy atom. The van der Waals surface area contributed by atoms with Crippen LogP contribution in [0.15, 0.2) is 40.5 Å². The highest BCUT2D eigenvalue weighted by atomic mass is 35.5. The average Bonchev–Trinajstić information content (AvgIpc) is 2.60. The highest BCUT2D eigenvalue weighted by Gasteiger charge is 2.12. The molecule has 0 spiro atoms. The van der Waals surface area contributed by atoms with E-state index in [1.807, 2.05) is 6.92 Å². The zero-order valence-electron chi connectivity index (χ0n) is 13.9. The number of nitrogens with two attached hydrogens (primary N) is 2. The quantitative estimate of drug-likeness (QED) is 0.306. The molecule has 0 aliphatic rings. The second-order valence-electron chi connectivity index (χ2n) is 5.02. The molecule has 0 radical (unpaired) electrons. The molecule has 0 saturated carbocycles. The van der Waals surface area contributed by atoms with Gasteiger partial charge in [-0.2, -0.15) is 5.10 Å². The van der Waals surface area contributed by atoms with Gasteiger partial charge < -0.3 is 20.9 Å². The Labute approximate surface area is 166 Å². The van der Waals surface area contributed by atoms with Crippen LogP contribution in [0.4, 0.5) is 0 Å². The summed E-state index contributed by atoms with van der Waals surface area (Å²) in [6, 6.07) is 8.58. The Kier molecular flexibility index (Phi) is 7.38. The lowest BCUT2D eigenvalue weighted by atomic mass is 10.2. The summed E-state index contributed by atoms with van der Waals surface area (Å²) < 4.78 is 11.4. The van der Waals surface area contributed by atoms with Crippen LogP contribution >= 0.6 is 34.8 Å². The molecule has 2 aromatic carbocycles. The number of hydrogen-bond donors (Lipinski definition) is 2. The zero-order valence-corrected chi connectivity index (χ0v) is 16.1. The van der Waals surface area contributed by atoms with E-state index in [4.69, 9.17) is 55.7 Å². The molecule has 0 amide bonds. The number of rotatable bonds is 7. The van der Waals surface area contributed by atoms with E-state index in [-0.39, 0.29) is 12.6 Å². The van der Waals surface area contributed by atoms with Gasteiger partial charge in [-0.05, 0) is 42.8 Å². The van der Waals surface area contributed by atoms with E-state index < -0.39 is 0 Å². The molecule has 0 aliphatic heterocycles. The summed E-state index contributed by atoms with van der Waals surface area (Å²) in [4.78, 5) is 0. The molecule has 4 N–H and O–H groups in total. The maximum absolute atomic E-state index is 6.20. The molecule has 6 nitrogen and oxygen atoms in total. The van der Waals surface area contributed by atoms with Crippen molar-refractivity contribution in [2.24, 2.45) is 21.7 Å². The summed E-state index contributed by atoms with van der Waals surface area (Å²) in [5.74, 6) is 0.940. The third kappa shape index (κ3) is 5.42. The Bertz CT molecular complexity index is 837. The third-order valence-corrected chi connectivity index (χ3v) is 4.36. The fraction of sp³-hybridized carbons (Fsp3) is 0.176. The van der Waals surface area contributed by atoms with Crippen LogP contribution < -0.4 is 20.9 Å². The number of halogens is 3. The van der Waals surface area contributed by atoms with Gasteiger partial charge in [-0.15, -0.1) is 5.10 Å². The molecule has 2 aromatic rings. The maximum atomic E-state index is 6.20. The van der Waals surface area contributed by atoms with Crippen molar-refractivity contribution >= 4 is 47.0 Å². The van der Waals surface area contributed by atoms with Gasteiger partial charge in [0.05, 0.1) is 22.9 Å². The van der Waals surface area contributed by atoms with Crippen molar-refractivity contribution in [3.8, 4) is 11.5 Å². The molecule has 0 fully saturated rings. The van der Waals surface area contributed by atoms with Crippen molar-refractivity contribution in [1.29, 1.82) is 0 Å². The van der Waals surface area contributed by atoms with Crippen LogP contribution in [-0.4, -0.2) is 18.8 Å². The van der Waals surface area contributed by atoms with Crippen LogP contribution in [0.3, 0.4) is 0 Å². The molecule has 26 heavy (non-hydrogen) atoms. The highest BCUT2D eigenvalue weighted by molar-refractivity contribution is 6.44. The van der Waals surface area contributed by atoms with Crippen molar-refractivity contribution < 1.29 is 9.47 Å². The van der Waals surface area contributed by atoms with E-state index in [2.05, 4.69) is 10.2 Å². The van der Waals surface area contributed by atoms with Crippen LogP contribution in [0.25, 0.3) is 0 Å². The van der Waals surface area contributed by atoms with Gasteiger partial charge in [-0.3, -0.25) is 0 Å². The molecule has 0 saturated heterocycles. The lowest BCUT2D eigenvalue weighted by molar-refractivity contribution is 0.269. The Morgan fingerprint density at radius 2 is 1.77 bits per heavy atom. The maximum Gasteiger partial charge on any atom is 0.211 e. The molecule has 138 valence electrons. The highest BCUT2D eigenvalue weighted by Crippen LogP contribution is 2.34. The minimum absolute atomic E-state index is 0.124. The second kappa shape index (κ2) is 9.52. The lowest BCUT2D eigenvalue weighted by Gasteiger charge is -2.14. The second-order valence-corrected chi connectivity index (χ2v) is 6.21. The topological polar surface area (TPSA) is 95.2 Å². The molecular formula is C17H17Cl3N4O2. The van der Waals surface area contributed by atoms with Crippen LogP contribution in [0.5, 0.6) is 11.5 Å². The first kappa shape index (κ1) is 20.2.